The summed E-state index contributed by atoms with van der Waals surface area (Å²) in [5, 5.41) is 7.95. The summed E-state index contributed by atoms with van der Waals surface area (Å²) in [4.78, 5) is 7.64. The van der Waals surface area contributed by atoms with E-state index in [9.17, 15) is 21.6 Å². The van der Waals surface area contributed by atoms with Gasteiger partial charge in [0.25, 0.3) is 0 Å². The molecule has 0 aromatic carbocycles. The number of ether oxygens (including phenoxy) is 1. The van der Waals surface area contributed by atoms with Crippen molar-refractivity contribution in [2.45, 2.75) is 17.5 Å². The van der Waals surface area contributed by atoms with Crippen LogP contribution in [0.15, 0.2) is 41.6 Å². The van der Waals surface area contributed by atoms with Gasteiger partial charge in [-0.05, 0) is 24.1 Å². The molecule has 136 valence electrons. The Morgan fingerprint density at radius 2 is 1.88 bits per heavy atom. The van der Waals surface area contributed by atoms with Gasteiger partial charge in [-0.25, -0.2) is 23.5 Å². The maximum Gasteiger partial charge on any atom is 0.422 e. The van der Waals surface area contributed by atoms with Gasteiger partial charge in [0.15, 0.2) is 6.61 Å². The molecule has 2 heterocycles. The molecule has 0 aliphatic rings. The van der Waals surface area contributed by atoms with Gasteiger partial charge in [-0.1, -0.05) is 6.07 Å². The SMILES string of the molecule is NS(=O)(=O)c1ccc(NCCc2ccc(OCC(F)(F)F)nc2)nc1. The molecule has 0 radical (unpaired) electrons. The fraction of sp³-hybridized carbons (Fsp3) is 0.286. The molecule has 0 spiro atoms. The zero-order chi connectivity index (χ0) is 18.5. The van der Waals surface area contributed by atoms with Crippen molar-refractivity contribution in [3.05, 3.63) is 42.2 Å². The van der Waals surface area contributed by atoms with E-state index in [0.29, 0.717) is 18.8 Å². The summed E-state index contributed by atoms with van der Waals surface area (Å²) < 4.78 is 62.8. The molecule has 0 bridgehead atoms. The molecule has 0 unspecified atom stereocenters. The summed E-state index contributed by atoms with van der Waals surface area (Å²) in [5.74, 6) is 0.361. The van der Waals surface area contributed by atoms with Crippen molar-refractivity contribution < 1.29 is 26.3 Å². The highest BCUT2D eigenvalue weighted by Crippen LogP contribution is 2.17. The predicted molar refractivity (Wildman–Crippen MR) is 83.6 cm³/mol. The van der Waals surface area contributed by atoms with Crippen LogP contribution in [0.5, 0.6) is 5.88 Å². The zero-order valence-electron chi connectivity index (χ0n) is 12.8. The third-order valence-electron chi connectivity index (χ3n) is 2.97. The largest absolute Gasteiger partial charge is 0.468 e. The summed E-state index contributed by atoms with van der Waals surface area (Å²) in [5.41, 5.74) is 0.785. The average molecular weight is 376 g/mol. The molecule has 2 aromatic rings. The molecule has 0 aliphatic carbocycles. The highest BCUT2D eigenvalue weighted by atomic mass is 32.2. The van der Waals surface area contributed by atoms with E-state index in [1.165, 1.54) is 24.4 Å². The highest BCUT2D eigenvalue weighted by Gasteiger charge is 2.28. The molecule has 2 aromatic heterocycles. The first kappa shape index (κ1) is 18.9. The van der Waals surface area contributed by atoms with Crippen LogP contribution in [-0.4, -0.2) is 37.7 Å². The summed E-state index contributed by atoms with van der Waals surface area (Å²) in [6.07, 6.45) is -1.31. The van der Waals surface area contributed by atoms with Crippen molar-refractivity contribution in [3.8, 4) is 5.88 Å². The maximum atomic E-state index is 12.0. The van der Waals surface area contributed by atoms with Crippen LogP contribution < -0.4 is 15.2 Å². The summed E-state index contributed by atoms with van der Waals surface area (Å²) >= 11 is 0. The molecule has 0 saturated carbocycles. The molecule has 11 heteroatoms. The summed E-state index contributed by atoms with van der Waals surface area (Å²) in [7, 11) is -3.78. The van der Waals surface area contributed by atoms with Gasteiger partial charge >= 0.3 is 6.18 Å². The second-order valence-corrected chi connectivity index (χ2v) is 6.57. The monoisotopic (exact) mass is 376 g/mol. The number of aromatic nitrogens is 2. The molecular weight excluding hydrogens is 361 g/mol. The molecule has 0 atom stereocenters. The van der Waals surface area contributed by atoms with Gasteiger partial charge in [0.1, 0.15) is 10.7 Å². The average Bonchev–Trinajstić information content (AvgIpc) is 2.53. The van der Waals surface area contributed by atoms with E-state index < -0.39 is 22.8 Å². The van der Waals surface area contributed by atoms with Gasteiger partial charge < -0.3 is 10.1 Å². The predicted octanol–water partition coefficient (Wildman–Crippen LogP) is 1.72. The van der Waals surface area contributed by atoms with Crippen LogP contribution >= 0.6 is 0 Å². The van der Waals surface area contributed by atoms with E-state index in [1.807, 2.05) is 0 Å². The van der Waals surface area contributed by atoms with Gasteiger partial charge in [-0.3, -0.25) is 0 Å². The Labute approximate surface area is 142 Å². The van der Waals surface area contributed by atoms with Crippen LogP contribution in [0, 0.1) is 0 Å². The molecule has 0 amide bonds. The van der Waals surface area contributed by atoms with E-state index in [2.05, 4.69) is 20.0 Å². The first-order valence-corrected chi connectivity index (χ1v) is 8.55. The number of rotatable bonds is 7. The lowest BCUT2D eigenvalue weighted by Gasteiger charge is -2.09. The van der Waals surface area contributed by atoms with Crippen LogP contribution in [0.1, 0.15) is 5.56 Å². The number of halogens is 3. The zero-order valence-corrected chi connectivity index (χ0v) is 13.6. The Hall–Kier alpha value is -2.40. The number of sulfonamides is 1. The third kappa shape index (κ3) is 6.55. The number of nitrogens with zero attached hydrogens (tertiary/aromatic N) is 2. The van der Waals surface area contributed by atoms with Gasteiger partial charge in [-0.15, -0.1) is 0 Å². The van der Waals surface area contributed by atoms with Crippen molar-refractivity contribution in [1.82, 2.24) is 9.97 Å². The number of anilines is 1. The summed E-state index contributed by atoms with van der Waals surface area (Å²) in [6.45, 7) is -0.923. The molecule has 7 nitrogen and oxygen atoms in total. The Bertz CT molecular complexity index is 794. The van der Waals surface area contributed by atoms with Crippen LogP contribution in [0.3, 0.4) is 0 Å². The molecule has 0 aliphatic heterocycles. The smallest absolute Gasteiger partial charge is 0.422 e. The standard InChI is InChI=1S/C14H15F3N4O3S/c15-14(16,17)9-24-13-4-1-10(7-21-13)5-6-19-12-3-2-11(8-20-12)25(18,22)23/h1-4,7-8H,5-6,9H2,(H,19,20)(H2,18,22,23). The van der Waals surface area contributed by atoms with Gasteiger partial charge in [-0.2, -0.15) is 13.2 Å². The van der Waals surface area contributed by atoms with Crippen LogP contribution in [0.25, 0.3) is 0 Å². The second kappa shape index (κ2) is 7.66. The number of hydrogen-bond acceptors (Lipinski definition) is 6. The van der Waals surface area contributed by atoms with E-state index in [-0.39, 0.29) is 10.8 Å². The summed E-state index contributed by atoms with van der Waals surface area (Å²) in [6, 6.07) is 5.78. The molecule has 2 rings (SSSR count). The fourth-order valence-electron chi connectivity index (χ4n) is 1.79. The Morgan fingerprint density at radius 1 is 1.12 bits per heavy atom. The van der Waals surface area contributed by atoms with Crippen LogP contribution in [0.2, 0.25) is 0 Å². The minimum atomic E-state index is -4.41. The first-order valence-electron chi connectivity index (χ1n) is 7.01. The van der Waals surface area contributed by atoms with Crippen molar-refractivity contribution in [3.63, 3.8) is 0 Å². The van der Waals surface area contributed by atoms with E-state index in [4.69, 9.17) is 5.14 Å². The minimum absolute atomic E-state index is 0.0864. The highest BCUT2D eigenvalue weighted by molar-refractivity contribution is 7.89. The Kier molecular flexibility index (Phi) is 5.80. The number of nitrogens with two attached hydrogens (primary N) is 1. The third-order valence-corrected chi connectivity index (χ3v) is 3.86. The van der Waals surface area contributed by atoms with Crippen molar-refractivity contribution >= 4 is 15.8 Å². The van der Waals surface area contributed by atoms with Crippen molar-refractivity contribution in [2.75, 3.05) is 18.5 Å². The van der Waals surface area contributed by atoms with Crippen molar-refractivity contribution in [2.24, 2.45) is 5.14 Å². The molecule has 0 fully saturated rings. The van der Waals surface area contributed by atoms with E-state index in [0.717, 1.165) is 11.8 Å². The normalized spacial score (nSPS) is 12.0. The maximum absolute atomic E-state index is 12.0. The topological polar surface area (TPSA) is 107 Å². The lowest BCUT2D eigenvalue weighted by Crippen LogP contribution is -2.19. The lowest BCUT2D eigenvalue weighted by atomic mass is 10.2. The number of pyridine rings is 2. The Morgan fingerprint density at radius 3 is 2.40 bits per heavy atom. The number of primary sulfonamides is 1. The quantitative estimate of drug-likeness (QED) is 0.762. The Balaban J connectivity index is 1.81. The second-order valence-electron chi connectivity index (χ2n) is 5.01. The fourth-order valence-corrected chi connectivity index (χ4v) is 2.25. The van der Waals surface area contributed by atoms with Gasteiger partial charge in [0.2, 0.25) is 15.9 Å². The van der Waals surface area contributed by atoms with Crippen LogP contribution in [-0.2, 0) is 16.4 Å². The molecular formula is C14H15F3N4O3S. The number of alkyl halides is 3. The van der Waals surface area contributed by atoms with Gasteiger partial charge in [0.05, 0.1) is 0 Å². The number of hydrogen-bond donors (Lipinski definition) is 2. The molecule has 3 N–H and O–H groups in total. The lowest BCUT2D eigenvalue weighted by molar-refractivity contribution is -0.154. The first-order chi connectivity index (χ1) is 11.6. The minimum Gasteiger partial charge on any atom is -0.468 e. The van der Waals surface area contributed by atoms with Crippen LogP contribution in [0.4, 0.5) is 19.0 Å². The van der Waals surface area contributed by atoms with Crippen molar-refractivity contribution in [1.29, 1.82) is 0 Å². The molecule has 0 saturated heterocycles. The number of nitrogens with one attached hydrogen (secondary N) is 1. The van der Waals surface area contributed by atoms with E-state index >= 15 is 0 Å². The molecule has 25 heavy (non-hydrogen) atoms. The van der Waals surface area contributed by atoms with Gasteiger partial charge in [0, 0.05) is 25.0 Å². The van der Waals surface area contributed by atoms with E-state index in [1.54, 1.807) is 6.07 Å².